The van der Waals surface area contributed by atoms with Gasteiger partial charge in [0.2, 0.25) is 5.95 Å². The van der Waals surface area contributed by atoms with E-state index >= 15 is 0 Å². The van der Waals surface area contributed by atoms with Crippen LogP contribution < -0.4 is 5.32 Å². The van der Waals surface area contributed by atoms with Crippen LogP contribution in [0.5, 0.6) is 0 Å². The first kappa shape index (κ1) is 22.4. The van der Waals surface area contributed by atoms with Crippen LogP contribution >= 0.6 is 0 Å². The summed E-state index contributed by atoms with van der Waals surface area (Å²) in [5.74, 6) is 1.41. The van der Waals surface area contributed by atoms with Crippen LogP contribution in [0.1, 0.15) is 25.0 Å². The fraction of sp³-hybridized carbons (Fsp3) is 0.333. The van der Waals surface area contributed by atoms with Crippen molar-refractivity contribution in [3.63, 3.8) is 0 Å². The monoisotopic (exact) mass is 476 g/mol. The first-order valence-corrected chi connectivity index (χ1v) is 13.3. The molecule has 3 aromatic heterocycles. The Hall–Kier alpha value is -3.37. The lowest BCUT2D eigenvalue weighted by molar-refractivity contribution is 0.236. The highest BCUT2D eigenvalue weighted by Crippen LogP contribution is 2.34. The molecule has 0 saturated carbocycles. The Balaban J connectivity index is 1.49. The van der Waals surface area contributed by atoms with Crippen LogP contribution in [-0.2, 0) is 21.7 Å². The first-order valence-electron chi connectivity index (χ1n) is 11.0. The number of aromatic nitrogens is 5. The summed E-state index contributed by atoms with van der Waals surface area (Å²) in [6.07, 6.45) is 6.60. The van der Waals surface area contributed by atoms with Crippen molar-refractivity contribution in [3.8, 4) is 5.82 Å². The molecule has 0 unspecified atom stereocenters. The molecule has 0 aliphatic carbocycles. The Kier molecular flexibility index (Phi) is 5.37. The van der Waals surface area contributed by atoms with Crippen LogP contribution in [0.25, 0.3) is 16.9 Å². The predicted molar refractivity (Wildman–Crippen MR) is 136 cm³/mol. The van der Waals surface area contributed by atoms with E-state index < -0.39 is 9.73 Å². The Bertz CT molecular complexity index is 1510. The average molecular weight is 477 g/mol. The summed E-state index contributed by atoms with van der Waals surface area (Å²) in [6, 6.07) is 11.8. The molecule has 1 aliphatic rings. The van der Waals surface area contributed by atoms with Gasteiger partial charge in [0.15, 0.2) is 17.3 Å². The van der Waals surface area contributed by atoms with Gasteiger partial charge in [-0.3, -0.25) is 0 Å². The van der Waals surface area contributed by atoms with Crippen LogP contribution in [0.15, 0.2) is 53.2 Å². The molecule has 10 heteroatoms. The average Bonchev–Trinajstić information content (AvgIpc) is 3.15. The van der Waals surface area contributed by atoms with Crippen molar-refractivity contribution in [3.05, 3.63) is 59.9 Å². The normalized spacial score (nSPS) is 15.8. The molecule has 4 heterocycles. The van der Waals surface area contributed by atoms with Crippen molar-refractivity contribution in [1.82, 2.24) is 29.6 Å². The Morgan fingerprint density at radius 1 is 1.12 bits per heavy atom. The van der Waals surface area contributed by atoms with Gasteiger partial charge in [0.1, 0.15) is 0 Å². The van der Waals surface area contributed by atoms with E-state index in [1.165, 1.54) is 11.1 Å². The molecule has 0 amide bonds. The molecule has 1 N–H and O–H groups in total. The molecule has 176 valence electrons. The summed E-state index contributed by atoms with van der Waals surface area (Å²) in [7, 11) is -0.168. The molecule has 1 aromatic carbocycles. The van der Waals surface area contributed by atoms with Crippen molar-refractivity contribution < 1.29 is 4.21 Å². The highest BCUT2D eigenvalue weighted by atomic mass is 32.2. The van der Waals surface area contributed by atoms with Crippen LogP contribution in [0, 0.1) is 0 Å². The van der Waals surface area contributed by atoms with E-state index in [2.05, 4.69) is 68.7 Å². The number of anilines is 2. The van der Waals surface area contributed by atoms with Gasteiger partial charge in [0.05, 0.1) is 11.6 Å². The Labute approximate surface area is 199 Å². The lowest BCUT2D eigenvalue weighted by Gasteiger charge is -2.38. The molecular formula is C24H28N8OS. The number of hydrogen-bond donors (Lipinski definition) is 1. The fourth-order valence-electron chi connectivity index (χ4n) is 4.55. The second-order valence-electron chi connectivity index (χ2n) is 9.71. The van der Waals surface area contributed by atoms with Crippen molar-refractivity contribution in [2.45, 2.75) is 25.8 Å². The van der Waals surface area contributed by atoms with E-state index in [1.54, 1.807) is 35.7 Å². The van der Waals surface area contributed by atoms with Gasteiger partial charge in [-0.15, -0.1) is 0 Å². The zero-order valence-corrected chi connectivity index (χ0v) is 20.8. The highest BCUT2D eigenvalue weighted by Gasteiger charge is 2.30. The van der Waals surface area contributed by atoms with E-state index in [0.717, 1.165) is 24.2 Å². The molecule has 34 heavy (non-hydrogen) atoms. The molecule has 0 bridgehead atoms. The summed E-state index contributed by atoms with van der Waals surface area (Å²) >= 11 is 0. The van der Waals surface area contributed by atoms with Gasteiger partial charge in [-0.1, -0.05) is 26.0 Å². The second-order valence-corrected chi connectivity index (χ2v) is 12.3. The molecular weight excluding hydrogens is 448 g/mol. The topological polar surface area (TPSA) is 101 Å². The number of fused-ring (bicyclic) bond motifs is 2. The van der Waals surface area contributed by atoms with Gasteiger partial charge in [-0.25, -0.2) is 14.2 Å². The van der Waals surface area contributed by atoms with E-state index in [0.29, 0.717) is 23.2 Å². The molecule has 5 rings (SSSR count). The van der Waals surface area contributed by atoms with Gasteiger partial charge < -0.3 is 10.2 Å². The van der Waals surface area contributed by atoms with Gasteiger partial charge >= 0.3 is 0 Å². The Morgan fingerprint density at radius 2 is 1.94 bits per heavy atom. The van der Waals surface area contributed by atoms with Gasteiger partial charge in [0, 0.05) is 52.6 Å². The molecule has 0 spiro atoms. The quantitative estimate of drug-likeness (QED) is 0.474. The molecule has 9 nitrogen and oxygen atoms in total. The van der Waals surface area contributed by atoms with Crippen molar-refractivity contribution >= 4 is 38.2 Å². The van der Waals surface area contributed by atoms with Crippen LogP contribution in [0.4, 0.5) is 17.5 Å². The highest BCUT2D eigenvalue weighted by molar-refractivity contribution is 7.92. The lowest BCUT2D eigenvalue weighted by Crippen LogP contribution is -2.39. The summed E-state index contributed by atoms with van der Waals surface area (Å²) in [5, 5.41) is 8.57. The maximum absolute atomic E-state index is 12.1. The maximum atomic E-state index is 12.1. The molecule has 0 radical (unpaired) electrons. The Morgan fingerprint density at radius 3 is 2.74 bits per heavy atom. The second kappa shape index (κ2) is 8.14. The number of nitrogens with one attached hydrogen (secondary N) is 1. The van der Waals surface area contributed by atoms with E-state index in [1.807, 2.05) is 12.1 Å². The minimum absolute atomic E-state index is 0.111. The van der Waals surface area contributed by atoms with Crippen molar-refractivity contribution in [1.29, 1.82) is 0 Å². The number of hydrogen-bond acceptors (Lipinski definition) is 8. The van der Waals surface area contributed by atoms with Gasteiger partial charge in [-0.05, 0) is 42.4 Å². The third-order valence-corrected chi connectivity index (χ3v) is 6.38. The number of nitrogens with zero attached hydrogens (tertiary/aromatic N) is 7. The first-order chi connectivity index (χ1) is 16.1. The van der Waals surface area contributed by atoms with Crippen LogP contribution in [-0.4, -0.2) is 59.9 Å². The maximum Gasteiger partial charge on any atom is 0.229 e. The van der Waals surface area contributed by atoms with Crippen molar-refractivity contribution in [2.75, 3.05) is 31.4 Å². The van der Waals surface area contributed by atoms with Crippen LogP contribution in [0.2, 0.25) is 0 Å². The number of benzene rings is 1. The lowest BCUT2D eigenvalue weighted by atomic mass is 9.78. The summed E-state index contributed by atoms with van der Waals surface area (Å²) < 4.78 is 17.9. The molecule has 0 saturated heterocycles. The number of likely N-dealkylation sites (N-methyl/N-ethyl adjacent to an activating group) is 1. The van der Waals surface area contributed by atoms with Gasteiger partial charge in [0.25, 0.3) is 0 Å². The standard InChI is InChI=1S/C24H28N8OS/c1-24(2)15-31(3)14-16-11-18(9-10-19(16)24)27-23-25-12-17-13-26-32(22(17)29-23)21-8-6-7-20(28-21)30-34(4,5)33/h6-13H,14-15H2,1-5H3,(H,25,27,29). The molecule has 1 aliphatic heterocycles. The summed E-state index contributed by atoms with van der Waals surface area (Å²) in [5.41, 5.74) is 4.36. The van der Waals surface area contributed by atoms with E-state index in [-0.39, 0.29) is 5.41 Å². The summed E-state index contributed by atoms with van der Waals surface area (Å²) in [4.78, 5) is 16.0. The zero-order chi connectivity index (χ0) is 24.1. The largest absolute Gasteiger partial charge is 0.324 e. The third kappa shape index (κ3) is 4.51. The third-order valence-electron chi connectivity index (χ3n) is 5.75. The summed E-state index contributed by atoms with van der Waals surface area (Å²) in [6.45, 7) is 6.51. The molecule has 0 atom stereocenters. The minimum Gasteiger partial charge on any atom is -0.324 e. The SMILES string of the molecule is CN1Cc2cc(Nc3ncc4cnn(-c5cccc(N=S(C)(C)=O)n5)c4n3)ccc2C(C)(C)C1. The van der Waals surface area contributed by atoms with E-state index in [9.17, 15) is 4.21 Å². The van der Waals surface area contributed by atoms with Crippen molar-refractivity contribution in [2.24, 2.45) is 4.36 Å². The fourth-order valence-corrected chi connectivity index (χ4v) is 5.10. The van der Waals surface area contributed by atoms with Gasteiger partial charge in [-0.2, -0.15) is 19.1 Å². The number of pyridine rings is 1. The molecule has 4 aromatic rings. The minimum atomic E-state index is -2.32. The zero-order valence-electron chi connectivity index (χ0n) is 20.0. The van der Waals surface area contributed by atoms with E-state index in [4.69, 9.17) is 4.98 Å². The smallest absolute Gasteiger partial charge is 0.229 e. The predicted octanol–water partition coefficient (Wildman–Crippen LogP) is 4.04. The number of rotatable bonds is 4. The van der Waals surface area contributed by atoms with Crippen LogP contribution in [0.3, 0.4) is 0 Å². The molecule has 0 fully saturated rings.